The van der Waals surface area contributed by atoms with Gasteiger partial charge in [-0.2, -0.15) is 0 Å². The van der Waals surface area contributed by atoms with Gasteiger partial charge in [-0.25, -0.2) is 9.78 Å². The number of esters is 1. The van der Waals surface area contributed by atoms with E-state index in [-0.39, 0.29) is 24.7 Å². The van der Waals surface area contributed by atoms with Crippen LogP contribution in [0.1, 0.15) is 29.8 Å². The van der Waals surface area contributed by atoms with Crippen LogP contribution in [0.25, 0.3) is 0 Å². The summed E-state index contributed by atoms with van der Waals surface area (Å²) in [6.07, 6.45) is 2.80. The van der Waals surface area contributed by atoms with Crippen molar-refractivity contribution in [1.82, 2.24) is 4.98 Å². The first-order valence-electron chi connectivity index (χ1n) is 7.90. The molecule has 7 nitrogen and oxygen atoms in total. The van der Waals surface area contributed by atoms with Crippen LogP contribution in [0.2, 0.25) is 0 Å². The van der Waals surface area contributed by atoms with E-state index >= 15 is 0 Å². The van der Waals surface area contributed by atoms with Gasteiger partial charge in [-0.15, -0.1) is 0 Å². The number of pyridine rings is 1. The van der Waals surface area contributed by atoms with Crippen LogP contribution >= 0.6 is 0 Å². The van der Waals surface area contributed by atoms with Crippen molar-refractivity contribution in [1.29, 1.82) is 0 Å². The van der Waals surface area contributed by atoms with Crippen LogP contribution in [0, 0.1) is 0 Å². The summed E-state index contributed by atoms with van der Waals surface area (Å²) in [4.78, 5) is 16.4. The first kappa shape index (κ1) is 15.0. The molecule has 7 heteroatoms. The lowest BCUT2D eigenvalue weighted by molar-refractivity contribution is -0.351. The zero-order chi connectivity index (χ0) is 15.7. The first-order chi connectivity index (χ1) is 11.3. The second-order valence-corrected chi connectivity index (χ2v) is 5.96. The molecule has 0 amide bonds. The van der Waals surface area contributed by atoms with Crippen LogP contribution < -0.4 is 0 Å². The molecular formula is C16H19NO6. The molecule has 3 fully saturated rings. The van der Waals surface area contributed by atoms with Gasteiger partial charge in [0.2, 0.25) is 5.79 Å². The second-order valence-electron chi connectivity index (χ2n) is 5.96. The molecule has 23 heavy (non-hydrogen) atoms. The molecule has 4 rings (SSSR count). The highest BCUT2D eigenvalue weighted by molar-refractivity contribution is 5.87. The third-order valence-corrected chi connectivity index (χ3v) is 4.49. The summed E-state index contributed by atoms with van der Waals surface area (Å²) in [7, 11) is 0. The minimum atomic E-state index is -0.893. The van der Waals surface area contributed by atoms with Crippen LogP contribution in [0.4, 0.5) is 0 Å². The van der Waals surface area contributed by atoms with Crippen molar-refractivity contribution < 1.29 is 28.5 Å². The highest BCUT2D eigenvalue weighted by Gasteiger charge is 2.55. The Morgan fingerprint density at radius 1 is 1.35 bits per heavy atom. The summed E-state index contributed by atoms with van der Waals surface area (Å²) in [5.41, 5.74) is 0.274. The summed E-state index contributed by atoms with van der Waals surface area (Å²) in [6.45, 7) is 1.30. The van der Waals surface area contributed by atoms with Crippen molar-refractivity contribution in [2.75, 3.05) is 20.0 Å². The first-order valence-corrected chi connectivity index (χ1v) is 7.90. The Kier molecular flexibility index (Phi) is 4.02. The summed E-state index contributed by atoms with van der Waals surface area (Å²) in [5, 5.41) is 0. The number of rotatable bonds is 2. The van der Waals surface area contributed by atoms with Crippen molar-refractivity contribution >= 4 is 5.97 Å². The van der Waals surface area contributed by atoms with Gasteiger partial charge >= 0.3 is 5.97 Å². The Morgan fingerprint density at radius 3 is 3.09 bits per heavy atom. The Morgan fingerprint density at radius 2 is 2.30 bits per heavy atom. The van der Waals surface area contributed by atoms with Gasteiger partial charge in [0.25, 0.3) is 0 Å². The maximum Gasteiger partial charge on any atom is 0.357 e. The van der Waals surface area contributed by atoms with E-state index in [1.165, 1.54) is 0 Å². The lowest BCUT2D eigenvalue weighted by Gasteiger charge is -2.47. The number of ether oxygens (including phenoxy) is 5. The molecule has 3 aliphatic rings. The van der Waals surface area contributed by atoms with Crippen LogP contribution in [0.3, 0.4) is 0 Å². The topological polar surface area (TPSA) is 76.1 Å². The van der Waals surface area contributed by atoms with E-state index in [0.29, 0.717) is 26.1 Å². The number of carbonyl (C=O) groups is 1. The predicted molar refractivity (Wildman–Crippen MR) is 76.5 cm³/mol. The molecule has 1 spiro atoms. The third kappa shape index (κ3) is 2.85. The van der Waals surface area contributed by atoms with Crippen LogP contribution in [0.15, 0.2) is 24.4 Å². The van der Waals surface area contributed by atoms with Gasteiger partial charge in [0.05, 0.1) is 19.3 Å². The number of aromatic nitrogens is 1. The van der Waals surface area contributed by atoms with E-state index in [9.17, 15) is 4.79 Å². The highest BCUT2D eigenvalue weighted by Crippen LogP contribution is 2.41. The fraction of sp³-hybridized carbons (Fsp3) is 0.625. The van der Waals surface area contributed by atoms with Crippen molar-refractivity contribution in [2.45, 2.75) is 43.4 Å². The Balaban J connectivity index is 1.53. The van der Waals surface area contributed by atoms with Crippen molar-refractivity contribution in [3.63, 3.8) is 0 Å². The van der Waals surface area contributed by atoms with Crippen molar-refractivity contribution in [2.24, 2.45) is 0 Å². The van der Waals surface area contributed by atoms with Gasteiger partial charge in [-0.1, -0.05) is 6.07 Å². The lowest BCUT2D eigenvalue weighted by Crippen LogP contribution is -2.60. The molecule has 4 unspecified atom stereocenters. The Bertz CT molecular complexity index is 559. The minimum absolute atomic E-state index is 0.153. The number of hydrogen-bond acceptors (Lipinski definition) is 7. The average Bonchev–Trinajstić information content (AvgIpc) is 3.05. The molecule has 3 saturated heterocycles. The number of carbonyl (C=O) groups excluding carboxylic acids is 1. The predicted octanol–water partition coefficient (Wildman–Crippen LogP) is 1.28. The summed E-state index contributed by atoms with van der Waals surface area (Å²) in [5.74, 6) is -1.37. The highest BCUT2D eigenvalue weighted by atomic mass is 16.8. The molecule has 3 aliphatic heterocycles. The average molecular weight is 321 g/mol. The Hall–Kier alpha value is -1.54. The van der Waals surface area contributed by atoms with E-state index in [4.69, 9.17) is 23.7 Å². The monoisotopic (exact) mass is 321 g/mol. The molecule has 0 radical (unpaired) electrons. The number of nitrogens with zero attached hydrogens (tertiary/aromatic N) is 1. The molecule has 4 heterocycles. The molecule has 124 valence electrons. The largest absolute Gasteiger partial charge is 0.452 e. The van der Waals surface area contributed by atoms with E-state index < -0.39 is 17.9 Å². The fourth-order valence-corrected chi connectivity index (χ4v) is 3.36. The maximum absolute atomic E-state index is 12.4. The van der Waals surface area contributed by atoms with Crippen LogP contribution in [-0.4, -0.2) is 55.1 Å². The summed E-state index contributed by atoms with van der Waals surface area (Å²) >= 11 is 0. The SMILES string of the molecule is O=C(OC1CC2OCOCC2OC12CCCO2)c1ccccn1. The van der Waals surface area contributed by atoms with Gasteiger partial charge in [0.15, 0.2) is 6.10 Å². The summed E-state index contributed by atoms with van der Waals surface area (Å²) in [6, 6.07) is 5.13. The zero-order valence-electron chi connectivity index (χ0n) is 12.7. The van der Waals surface area contributed by atoms with E-state index in [1.54, 1.807) is 24.4 Å². The maximum atomic E-state index is 12.4. The van der Waals surface area contributed by atoms with Gasteiger partial charge in [-0.3, -0.25) is 0 Å². The molecule has 1 aromatic rings. The Labute approximate surface area is 133 Å². The van der Waals surface area contributed by atoms with E-state index in [1.807, 2.05) is 0 Å². The molecular weight excluding hydrogens is 302 g/mol. The van der Waals surface area contributed by atoms with Gasteiger partial charge in [0.1, 0.15) is 18.6 Å². The summed E-state index contributed by atoms with van der Waals surface area (Å²) < 4.78 is 28.6. The van der Waals surface area contributed by atoms with Crippen LogP contribution in [-0.2, 0) is 23.7 Å². The molecule has 0 aromatic carbocycles. The second kappa shape index (κ2) is 6.16. The quantitative estimate of drug-likeness (QED) is 0.759. The standard InChI is InChI=1S/C16H19NO6/c18-15(11-4-1-2-6-17-11)22-14-8-12-13(9-19-10-20-12)23-16(14)5-3-7-21-16/h1-2,4,6,12-14H,3,5,7-10H2. The van der Waals surface area contributed by atoms with Crippen molar-refractivity contribution in [3.8, 4) is 0 Å². The smallest absolute Gasteiger partial charge is 0.357 e. The van der Waals surface area contributed by atoms with E-state index in [2.05, 4.69) is 4.98 Å². The van der Waals surface area contributed by atoms with Gasteiger partial charge < -0.3 is 23.7 Å². The molecule has 4 atom stereocenters. The van der Waals surface area contributed by atoms with Gasteiger partial charge in [-0.05, 0) is 18.6 Å². The minimum Gasteiger partial charge on any atom is -0.452 e. The normalized spacial score (nSPS) is 36.6. The molecule has 0 aliphatic carbocycles. The molecule has 0 saturated carbocycles. The number of fused-ring (bicyclic) bond motifs is 1. The van der Waals surface area contributed by atoms with Gasteiger partial charge in [0, 0.05) is 19.0 Å². The number of hydrogen-bond donors (Lipinski definition) is 0. The third-order valence-electron chi connectivity index (χ3n) is 4.49. The van der Waals surface area contributed by atoms with Crippen LogP contribution in [0.5, 0.6) is 0 Å². The fourth-order valence-electron chi connectivity index (χ4n) is 3.36. The lowest BCUT2D eigenvalue weighted by atomic mass is 9.93. The zero-order valence-corrected chi connectivity index (χ0v) is 12.7. The molecule has 0 N–H and O–H groups in total. The molecule has 0 bridgehead atoms. The molecule has 1 aromatic heterocycles. The van der Waals surface area contributed by atoms with E-state index in [0.717, 1.165) is 6.42 Å². The van der Waals surface area contributed by atoms with Crippen molar-refractivity contribution in [3.05, 3.63) is 30.1 Å².